The van der Waals surface area contributed by atoms with Gasteiger partial charge in [-0.15, -0.1) is 0 Å². The number of thioether (sulfide) groups is 1. The molecule has 0 aromatic heterocycles. The Morgan fingerprint density at radius 2 is 2.29 bits per heavy atom. The summed E-state index contributed by atoms with van der Waals surface area (Å²) in [4.78, 5) is 10.7. The summed E-state index contributed by atoms with van der Waals surface area (Å²) in [5, 5.41) is 8.96. The fourth-order valence-corrected chi connectivity index (χ4v) is 1.91. The van der Waals surface area contributed by atoms with Crippen molar-refractivity contribution in [1.82, 2.24) is 0 Å². The number of carbonyl (C=O) groups is 1. The highest BCUT2D eigenvalue weighted by Crippen LogP contribution is 2.13. The SMILES string of the molecule is CC(=O)SCCC=Cc1cc(C#N)ccc1C. The van der Waals surface area contributed by atoms with Crippen LogP contribution in [0.25, 0.3) is 6.08 Å². The van der Waals surface area contributed by atoms with Gasteiger partial charge in [-0.2, -0.15) is 5.26 Å². The molecule has 0 radical (unpaired) electrons. The van der Waals surface area contributed by atoms with E-state index >= 15 is 0 Å². The lowest BCUT2D eigenvalue weighted by Gasteiger charge is -2.00. The third-order valence-corrected chi connectivity index (χ3v) is 3.14. The van der Waals surface area contributed by atoms with E-state index in [4.69, 9.17) is 5.26 Å². The number of carbonyl (C=O) groups excluding carboxylic acids is 1. The van der Waals surface area contributed by atoms with Crippen molar-refractivity contribution in [1.29, 1.82) is 5.26 Å². The van der Waals surface area contributed by atoms with Crippen LogP contribution >= 0.6 is 11.8 Å². The lowest BCUT2D eigenvalue weighted by Crippen LogP contribution is -1.85. The fourth-order valence-electron chi connectivity index (χ4n) is 1.37. The molecule has 0 bridgehead atoms. The van der Waals surface area contributed by atoms with E-state index in [-0.39, 0.29) is 5.12 Å². The third-order valence-electron chi connectivity index (χ3n) is 2.30. The normalized spacial score (nSPS) is 10.4. The van der Waals surface area contributed by atoms with Gasteiger partial charge in [0.2, 0.25) is 0 Å². The predicted molar refractivity (Wildman–Crippen MR) is 72.7 cm³/mol. The summed E-state index contributed by atoms with van der Waals surface area (Å²) < 4.78 is 0. The Hall–Kier alpha value is -1.53. The summed E-state index contributed by atoms with van der Waals surface area (Å²) in [5.74, 6) is 0.808. The number of allylic oxidation sites excluding steroid dienone is 1. The van der Waals surface area contributed by atoms with Crippen LogP contribution in [0.4, 0.5) is 0 Å². The smallest absolute Gasteiger partial charge is 0.185 e. The molecule has 0 unspecified atom stereocenters. The maximum absolute atomic E-state index is 10.7. The number of aryl methyl sites for hydroxylation is 1. The molecule has 1 rings (SSSR count). The summed E-state index contributed by atoms with van der Waals surface area (Å²) in [7, 11) is 0. The maximum Gasteiger partial charge on any atom is 0.185 e. The standard InChI is InChI=1S/C14H15NOS/c1-11-6-7-13(10-15)9-14(11)5-3-4-8-17-12(2)16/h3,5-7,9H,4,8H2,1-2H3. The van der Waals surface area contributed by atoms with Gasteiger partial charge in [-0.1, -0.05) is 30.0 Å². The average Bonchev–Trinajstić information content (AvgIpc) is 2.30. The Bertz CT molecular complexity index is 472. The first-order chi connectivity index (χ1) is 8.13. The van der Waals surface area contributed by atoms with Crippen molar-refractivity contribution in [3.63, 3.8) is 0 Å². The van der Waals surface area contributed by atoms with Crippen molar-refractivity contribution in [3.8, 4) is 6.07 Å². The summed E-state index contributed by atoms with van der Waals surface area (Å²) >= 11 is 1.34. The molecular weight excluding hydrogens is 230 g/mol. The average molecular weight is 245 g/mol. The summed E-state index contributed by atoms with van der Waals surface area (Å²) in [6.07, 6.45) is 4.91. The lowest BCUT2D eigenvalue weighted by atomic mass is 10.1. The molecule has 3 heteroatoms. The van der Waals surface area contributed by atoms with Crippen molar-refractivity contribution in [3.05, 3.63) is 41.0 Å². The molecule has 0 aliphatic rings. The van der Waals surface area contributed by atoms with Gasteiger partial charge in [0.05, 0.1) is 11.6 Å². The van der Waals surface area contributed by atoms with Crippen LogP contribution in [0, 0.1) is 18.3 Å². The van der Waals surface area contributed by atoms with Crippen molar-refractivity contribution in [2.45, 2.75) is 20.3 Å². The number of benzene rings is 1. The molecule has 0 fully saturated rings. The van der Waals surface area contributed by atoms with E-state index in [1.54, 1.807) is 6.92 Å². The van der Waals surface area contributed by atoms with Crippen LogP contribution in [0.5, 0.6) is 0 Å². The van der Waals surface area contributed by atoms with Gasteiger partial charge in [-0.05, 0) is 36.6 Å². The Morgan fingerprint density at radius 3 is 2.94 bits per heavy atom. The van der Waals surface area contributed by atoms with Crippen LogP contribution in [0.1, 0.15) is 30.0 Å². The van der Waals surface area contributed by atoms with Crippen LogP contribution in [-0.2, 0) is 4.79 Å². The largest absolute Gasteiger partial charge is 0.288 e. The van der Waals surface area contributed by atoms with Gasteiger partial charge in [-0.25, -0.2) is 0 Å². The minimum absolute atomic E-state index is 0.154. The Kier molecular flexibility index (Phi) is 5.51. The van der Waals surface area contributed by atoms with Gasteiger partial charge in [-0.3, -0.25) is 4.79 Å². The van der Waals surface area contributed by atoms with E-state index < -0.39 is 0 Å². The zero-order chi connectivity index (χ0) is 12.7. The molecule has 0 saturated heterocycles. The van der Waals surface area contributed by atoms with Crippen LogP contribution < -0.4 is 0 Å². The summed E-state index contributed by atoms with van der Waals surface area (Å²) in [6, 6.07) is 7.77. The highest BCUT2D eigenvalue weighted by Gasteiger charge is 1.96. The number of hydrogen-bond donors (Lipinski definition) is 0. The van der Waals surface area contributed by atoms with Crippen molar-refractivity contribution in [2.24, 2.45) is 0 Å². The monoisotopic (exact) mass is 245 g/mol. The molecular formula is C14H15NOS. The molecule has 0 aliphatic carbocycles. The molecule has 0 amide bonds. The zero-order valence-electron chi connectivity index (χ0n) is 10.1. The number of hydrogen-bond acceptors (Lipinski definition) is 3. The summed E-state index contributed by atoms with van der Waals surface area (Å²) in [5.41, 5.74) is 2.89. The molecule has 0 spiro atoms. The minimum atomic E-state index is 0.154. The number of nitriles is 1. The fraction of sp³-hybridized carbons (Fsp3) is 0.286. The van der Waals surface area contributed by atoms with Gasteiger partial charge >= 0.3 is 0 Å². The second-order valence-electron chi connectivity index (χ2n) is 3.71. The van der Waals surface area contributed by atoms with Gasteiger partial charge < -0.3 is 0 Å². The van der Waals surface area contributed by atoms with Crippen molar-refractivity contribution < 1.29 is 4.79 Å². The molecule has 1 aromatic rings. The van der Waals surface area contributed by atoms with Gasteiger partial charge in [0.1, 0.15) is 0 Å². The van der Waals surface area contributed by atoms with Crippen molar-refractivity contribution >= 4 is 23.0 Å². The van der Waals surface area contributed by atoms with Crippen molar-refractivity contribution in [2.75, 3.05) is 5.75 Å². The first kappa shape index (κ1) is 13.5. The lowest BCUT2D eigenvalue weighted by molar-refractivity contribution is -0.109. The van der Waals surface area contributed by atoms with Crippen LogP contribution in [0.3, 0.4) is 0 Å². The van der Waals surface area contributed by atoms with E-state index in [1.807, 2.05) is 37.3 Å². The van der Waals surface area contributed by atoms with Crippen LogP contribution in [0.15, 0.2) is 24.3 Å². The van der Waals surface area contributed by atoms with E-state index in [0.29, 0.717) is 5.56 Å². The molecule has 0 atom stereocenters. The number of nitrogens with zero attached hydrogens (tertiary/aromatic N) is 1. The van der Waals surface area contributed by atoms with Gasteiger partial charge in [0, 0.05) is 12.7 Å². The maximum atomic E-state index is 10.7. The van der Waals surface area contributed by atoms with E-state index in [9.17, 15) is 4.79 Å². The zero-order valence-corrected chi connectivity index (χ0v) is 10.9. The Morgan fingerprint density at radius 1 is 1.53 bits per heavy atom. The highest BCUT2D eigenvalue weighted by atomic mass is 32.2. The first-order valence-corrected chi connectivity index (χ1v) is 6.42. The quantitative estimate of drug-likeness (QED) is 0.762. The molecule has 1 aromatic carbocycles. The molecule has 0 saturated carbocycles. The molecule has 88 valence electrons. The van der Waals surface area contributed by atoms with Gasteiger partial charge in [0.25, 0.3) is 0 Å². The molecule has 0 N–H and O–H groups in total. The molecule has 2 nitrogen and oxygen atoms in total. The molecule has 0 aliphatic heterocycles. The van der Waals surface area contributed by atoms with E-state index in [2.05, 4.69) is 6.07 Å². The summed E-state index contributed by atoms with van der Waals surface area (Å²) in [6.45, 7) is 3.60. The highest BCUT2D eigenvalue weighted by molar-refractivity contribution is 8.13. The third kappa shape index (κ3) is 4.88. The minimum Gasteiger partial charge on any atom is -0.288 e. The van der Waals surface area contributed by atoms with Gasteiger partial charge in [0.15, 0.2) is 5.12 Å². The topological polar surface area (TPSA) is 40.9 Å². The van der Waals surface area contributed by atoms with Crippen LogP contribution in [-0.4, -0.2) is 10.9 Å². The van der Waals surface area contributed by atoms with Crippen LogP contribution in [0.2, 0.25) is 0 Å². The second kappa shape index (κ2) is 6.93. The Labute approximate surface area is 106 Å². The predicted octanol–water partition coefficient (Wildman–Crippen LogP) is 3.55. The first-order valence-electron chi connectivity index (χ1n) is 5.44. The van der Waals surface area contributed by atoms with E-state index in [1.165, 1.54) is 11.8 Å². The Balaban J connectivity index is 2.59. The van der Waals surface area contributed by atoms with E-state index in [0.717, 1.165) is 23.3 Å². The molecule has 0 heterocycles. The second-order valence-corrected chi connectivity index (χ2v) is 4.99. The molecule has 17 heavy (non-hydrogen) atoms. The number of rotatable bonds is 4.